The quantitative estimate of drug-likeness (QED) is 0.511. The lowest BCUT2D eigenvalue weighted by atomic mass is 9.83. The summed E-state index contributed by atoms with van der Waals surface area (Å²) in [6.45, 7) is 2.10. The van der Waals surface area contributed by atoms with Crippen LogP contribution in [-0.4, -0.2) is 0 Å². The smallest absolute Gasteiger partial charge is 0.129 e. The molecule has 0 aliphatic heterocycles. The lowest BCUT2D eigenvalue weighted by molar-refractivity contribution is 0.482. The van der Waals surface area contributed by atoms with Gasteiger partial charge in [-0.15, -0.1) is 0 Å². The molecule has 0 aromatic rings. The number of allylic oxidation sites excluding steroid dienone is 2. The molecule has 0 N–H and O–H groups in total. The molecule has 0 amide bonds. The SMILES string of the molecule is C[C@@H]1CCCCC1=C(C#N)C#N. The molecule has 1 aliphatic carbocycles. The number of nitrogens with zero attached hydrogens (tertiary/aromatic N) is 2. The van der Waals surface area contributed by atoms with Crippen molar-refractivity contribution in [2.75, 3.05) is 0 Å². The van der Waals surface area contributed by atoms with Gasteiger partial charge in [0.15, 0.2) is 0 Å². The standard InChI is InChI=1S/C10H12N2/c1-8-4-2-3-5-10(8)9(6-11)7-12/h8H,2-5H2,1H3/t8-/m1/s1. The molecule has 1 fully saturated rings. The van der Waals surface area contributed by atoms with Crippen molar-refractivity contribution in [2.24, 2.45) is 5.92 Å². The minimum absolute atomic E-state index is 0.349. The van der Waals surface area contributed by atoms with Gasteiger partial charge in [0.05, 0.1) is 0 Å². The maximum atomic E-state index is 8.67. The molecule has 1 saturated carbocycles. The van der Waals surface area contributed by atoms with Crippen LogP contribution < -0.4 is 0 Å². The van der Waals surface area contributed by atoms with E-state index in [1.807, 2.05) is 12.1 Å². The first-order valence-electron chi connectivity index (χ1n) is 4.33. The molecule has 62 valence electrons. The Morgan fingerprint density at radius 3 is 2.50 bits per heavy atom. The summed E-state index contributed by atoms with van der Waals surface area (Å²) < 4.78 is 0. The third-order valence-electron chi connectivity index (χ3n) is 2.47. The van der Waals surface area contributed by atoms with Crippen LogP contribution in [-0.2, 0) is 0 Å². The number of rotatable bonds is 0. The number of hydrogen-bond donors (Lipinski definition) is 0. The Labute approximate surface area is 73.1 Å². The van der Waals surface area contributed by atoms with E-state index in [4.69, 9.17) is 10.5 Å². The van der Waals surface area contributed by atoms with Crippen LogP contribution in [0.3, 0.4) is 0 Å². The van der Waals surface area contributed by atoms with Crippen LogP contribution in [0.4, 0.5) is 0 Å². The Hall–Kier alpha value is -1.28. The summed E-state index contributed by atoms with van der Waals surface area (Å²) in [7, 11) is 0. The van der Waals surface area contributed by atoms with Gasteiger partial charge in [-0.2, -0.15) is 10.5 Å². The highest BCUT2D eigenvalue weighted by Crippen LogP contribution is 2.30. The second kappa shape index (κ2) is 3.93. The van der Waals surface area contributed by atoms with Crippen LogP contribution in [0.15, 0.2) is 11.1 Å². The van der Waals surface area contributed by atoms with E-state index in [2.05, 4.69) is 6.92 Å². The molecule has 0 bridgehead atoms. The fraction of sp³-hybridized carbons (Fsp3) is 0.600. The van der Waals surface area contributed by atoms with Crippen molar-refractivity contribution in [3.8, 4) is 12.1 Å². The van der Waals surface area contributed by atoms with E-state index < -0.39 is 0 Å². The molecular weight excluding hydrogens is 148 g/mol. The maximum Gasteiger partial charge on any atom is 0.129 e. The predicted octanol–water partition coefficient (Wildman–Crippen LogP) is 2.54. The van der Waals surface area contributed by atoms with Crippen LogP contribution in [0.5, 0.6) is 0 Å². The Kier molecular flexibility index (Phi) is 2.88. The van der Waals surface area contributed by atoms with E-state index in [0.717, 1.165) is 24.8 Å². The van der Waals surface area contributed by atoms with E-state index >= 15 is 0 Å². The summed E-state index contributed by atoms with van der Waals surface area (Å²) in [5.41, 5.74) is 1.42. The van der Waals surface area contributed by atoms with Crippen LogP contribution >= 0.6 is 0 Å². The van der Waals surface area contributed by atoms with Crippen molar-refractivity contribution < 1.29 is 0 Å². The zero-order valence-corrected chi connectivity index (χ0v) is 7.30. The zero-order valence-electron chi connectivity index (χ0n) is 7.30. The van der Waals surface area contributed by atoms with Gasteiger partial charge in [0.2, 0.25) is 0 Å². The molecule has 0 unspecified atom stereocenters. The van der Waals surface area contributed by atoms with E-state index in [0.29, 0.717) is 11.5 Å². The molecule has 1 rings (SSSR count). The molecule has 0 aromatic heterocycles. The van der Waals surface area contributed by atoms with Crippen molar-refractivity contribution in [1.82, 2.24) is 0 Å². The first kappa shape index (κ1) is 8.81. The highest BCUT2D eigenvalue weighted by Gasteiger charge is 2.17. The van der Waals surface area contributed by atoms with Crippen molar-refractivity contribution in [3.05, 3.63) is 11.1 Å². The highest BCUT2D eigenvalue weighted by atomic mass is 14.3. The normalized spacial score (nSPS) is 22.6. The molecule has 1 aliphatic rings. The lowest BCUT2D eigenvalue weighted by Gasteiger charge is -2.21. The third kappa shape index (κ3) is 1.66. The number of nitriles is 2. The topological polar surface area (TPSA) is 47.6 Å². The third-order valence-corrected chi connectivity index (χ3v) is 2.47. The van der Waals surface area contributed by atoms with Gasteiger partial charge in [-0.1, -0.05) is 13.3 Å². The van der Waals surface area contributed by atoms with Crippen LogP contribution in [0.2, 0.25) is 0 Å². The van der Waals surface area contributed by atoms with Crippen LogP contribution in [0.1, 0.15) is 32.6 Å². The zero-order chi connectivity index (χ0) is 8.97. The van der Waals surface area contributed by atoms with Crippen molar-refractivity contribution in [2.45, 2.75) is 32.6 Å². The van der Waals surface area contributed by atoms with Crippen LogP contribution in [0.25, 0.3) is 0 Å². The van der Waals surface area contributed by atoms with E-state index in [1.54, 1.807) is 0 Å². The summed E-state index contributed by atoms with van der Waals surface area (Å²) in [6, 6.07) is 3.94. The molecule has 0 aromatic carbocycles. The molecule has 2 nitrogen and oxygen atoms in total. The van der Waals surface area contributed by atoms with E-state index in [-0.39, 0.29) is 0 Å². The summed E-state index contributed by atoms with van der Waals surface area (Å²) in [5.74, 6) is 0.438. The Morgan fingerprint density at radius 2 is 2.00 bits per heavy atom. The van der Waals surface area contributed by atoms with Crippen molar-refractivity contribution >= 4 is 0 Å². The molecular formula is C10H12N2. The first-order valence-corrected chi connectivity index (χ1v) is 4.33. The van der Waals surface area contributed by atoms with Gasteiger partial charge >= 0.3 is 0 Å². The first-order chi connectivity index (χ1) is 5.79. The van der Waals surface area contributed by atoms with Gasteiger partial charge < -0.3 is 0 Å². The van der Waals surface area contributed by atoms with Crippen LogP contribution in [0, 0.1) is 28.6 Å². The van der Waals surface area contributed by atoms with E-state index in [1.165, 1.54) is 6.42 Å². The molecule has 12 heavy (non-hydrogen) atoms. The number of hydrogen-bond acceptors (Lipinski definition) is 2. The van der Waals surface area contributed by atoms with E-state index in [9.17, 15) is 0 Å². The van der Waals surface area contributed by atoms with Gasteiger partial charge in [0, 0.05) is 0 Å². The molecule has 1 atom stereocenters. The second-order valence-electron chi connectivity index (χ2n) is 3.27. The maximum absolute atomic E-state index is 8.67. The van der Waals surface area contributed by atoms with Gasteiger partial charge in [0.25, 0.3) is 0 Å². The molecule has 0 spiro atoms. The largest absolute Gasteiger partial charge is 0.192 e. The second-order valence-corrected chi connectivity index (χ2v) is 3.27. The van der Waals surface area contributed by atoms with Gasteiger partial charge in [-0.25, -0.2) is 0 Å². The average molecular weight is 160 g/mol. The summed E-state index contributed by atoms with van der Waals surface area (Å²) in [4.78, 5) is 0. The monoisotopic (exact) mass is 160 g/mol. The average Bonchev–Trinajstić information content (AvgIpc) is 2.10. The molecule has 0 saturated heterocycles. The predicted molar refractivity (Wildman–Crippen MR) is 45.9 cm³/mol. The van der Waals surface area contributed by atoms with Crippen molar-refractivity contribution in [3.63, 3.8) is 0 Å². The minimum Gasteiger partial charge on any atom is -0.192 e. The molecule has 0 radical (unpaired) electrons. The summed E-state index contributed by atoms with van der Waals surface area (Å²) >= 11 is 0. The van der Waals surface area contributed by atoms with Crippen molar-refractivity contribution in [1.29, 1.82) is 10.5 Å². The molecule has 0 heterocycles. The summed E-state index contributed by atoms with van der Waals surface area (Å²) in [6.07, 6.45) is 4.43. The van der Waals surface area contributed by atoms with Gasteiger partial charge in [-0.05, 0) is 30.8 Å². The fourth-order valence-electron chi connectivity index (χ4n) is 1.73. The Bertz CT molecular complexity index is 259. The van der Waals surface area contributed by atoms with Gasteiger partial charge in [0.1, 0.15) is 17.7 Å². The fourth-order valence-corrected chi connectivity index (χ4v) is 1.73. The summed E-state index contributed by atoms with van der Waals surface area (Å²) in [5, 5.41) is 17.3. The Balaban J connectivity index is 2.92. The minimum atomic E-state index is 0.349. The van der Waals surface area contributed by atoms with Gasteiger partial charge in [-0.3, -0.25) is 0 Å². The lowest BCUT2D eigenvalue weighted by Crippen LogP contribution is -2.07. The highest BCUT2D eigenvalue weighted by molar-refractivity contribution is 5.41. The molecule has 2 heteroatoms. The Morgan fingerprint density at radius 1 is 1.33 bits per heavy atom.